The molecular formula is C17H20N2NaO6S+. The number of benzene rings is 1. The van der Waals surface area contributed by atoms with E-state index in [-0.39, 0.29) is 35.1 Å². The third-order valence-corrected chi connectivity index (χ3v) is 6.19. The Morgan fingerprint density at radius 1 is 1.22 bits per heavy atom. The summed E-state index contributed by atoms with van der Waals surface area (Å²) in [6.07, 6.45) is 0. The van der Waals surface area contributed by atoms with E-state index in [1.807, 2.05) is 0 Å². The number of ether oxygens (including phenoxy) is 2. The van der Waals surface area contributed by atoms with Crippen molar-refractivity contribution in [1.82, 2.24) is 10.2 Å². The summed E-state index contributed by atoms with van der Waals surface area (Å²) in [4.78, 5) is 38.1. The number of carbonyl (C=O) groups is 3. The van der Waals surface area contributed by atoms with Crippen LogP contribution in [0.2, 0.25) is 0 Å². The number of hydrogen-bond donors (Lipinski definition) is 2. The maximum absolute atomic E-state index is 12.8. The molecule has 140 valence electrons. The molecule has 1 aromatic carbocycles. The van der Waals surface area contributed by atoms with Gasteiger partial charge in [-0.25, -0.2) is 4.79 Å². The monoisotopic (exact) mass is 403 g/mol. The van der Waals surface area contributed by atoms with Crippen molar-refractivity contribution in [2.75, 3.05) is 14.2 Å². The van der Waals surface area contributed by atoms with Gasteiger partial charge in [-0.15, -0.1) is 11.8 Å². The van der Waals surface area contributed by atoms with Gasteiger partial charge >= 0.3 is 35.5 Å². The number of aliphatic carboxylic acids is 1. The van der Waals surface area contributed by atoms with E-state index in [4.69, 9.17) is 9.47 Å². The fraction of sp³-hybridized carbons (Fsp3) is 0.471. The van der Waals surface area contributed by atoms with Gasteiger partial charge in [0.2, 0.25) is 5.91 Å². The molecule has 1 aromatic rings. The van der Waals surface area contributed by atoms with E-state index >= 15 is 0 Å². The SMILES string of the molecule is COc1cccc(OC)c1C(=O)N[C@@H]1C(=O)N2[C@@H]1SC(C)(C)[C@@H]2C(=O)O.[Na+]. The topological polar surface area (TPSA) is 105 Å². The van der Waals surface area contributed by atoms with Crippen molar-refractivity contribution >= 4 is 29.5 Å². The van der Waals surface area contributed by atoms with Gasteiger partial charge in [0.25, 0.3) is 5.91 Å². The zero-order valence-electron chi connectivity index (χ0n) is 15.8. The molecule has 2 aliphatic rings. The fourth-order valence-electron chi connectivity index (χ4n) is 3.43. The van der Waals surface area contributed by atoms with Crippen LogP contribution >= 0.6 is 11.8 Å². The third kappa shape index (κ3) is 3.53. The van der Waals surface area contributed by atoms with Gasteiger partial charge in [0, 0.05) is 4.75 Å². The number of rotatable bonds is 5. The number of thioether (sulfide) groups is 1. The van der Waals surface area contributed by atoms with Crippen molar-refractivity contribution in [3.05, 3.63) is 23.8 Å². The van der Waals surface area contributed by atoms with Crippen LogP contribution in [0, 0.1) is 0 Å². The standard InChI is InChI=1S/C17H20N2O6S.Na/c1-17(2)12(16(22)23)19-14(21)11(15(19)26-17)18-13(20)10-8(24-3)6-5-7-9(10)25-4;/h5-7,11-12,15H,1-4H3,(H,18,20)(H,22,23);/q;+1/t11-,12+,15-;/m1./s1. The molecule has 8 nitrogen and oxygen atoms in total. The molecule has 0 aliphatic carbocycles. The van der Waals surface area contributed by atoms with Crippen LogP contribution in [0.3, 0.4) is 0 Å². The summed E-state index contributed by atoms with van der Waals surface area (Å²) in [5.41, 5.74) is 0.195. The number of β-lactam (4-membered cyclic amide) rings is 1. The van der Waals surface area contributed by atoms with E-state index in [1.54, 1.807) is 32.0 Å². The summed E-state index contributed by atoms with van der Waals surface area (Å²) in [5.74, 6) is -1.30. The zero-order chi connectivity index (χ0) is 19.2. The van der Waals surface area contributed by atoms with Gasteiger partial charge in [-0.05, 0) is 26.0 Å². The van der Waals surface area contributed by atoms with Crippen molar-refractivity contribution < 1.29 is 58.5 Å². The Morgan fingerprint density at radius 2 is 1.78 bits per heavy atom. The Morgan fingerprint density at radius 3 is 2.26 bits per heavy atom. The number of fused-ring (bicyclic) bond motifs is 1. The number of nitrogens with zero attached hydrogens (tertiary/aromatic N) is 1. The Bertz CT molecular complexity index is 764. The number of nitrogens with one attached hydrogen (secondary N) is 1. The van der Waals surface area contributed by atoms with Crippen LogP contribution in [0.5, 0.6) is 11.5 Å². The largest absolute Gasteiger partial charge is 1.00 e. The Labute approximate surface area is 183 Å². The number of methoxy groups -OCH3 is 2. The molecule has 2 amide bonds. The minimum absolute atomic E-state index is 0. The van der Waals surface area contributed by atoms with Gasteiger partial charge in [-0.1, -0.05) is 6.07 Å². The van der Waals surface area contributed by atoms with Gasteiger partial charge in [0.1, 0.15) is 34.5 Å². The van der Waals surface area contributed by atoms with Crippen molar-refractivity contribution in [2.24, 2.45) is 0 Å². The Balaban J connectivity index is 0.00000261. The van der Waals surface area contributed by atoms with Crippen LogP contribution in [-0.2, 0) is 9.59 Å². The molecule has 2 heterocycles. The molecule has 2 fully saturated rings. The first-order chi connectivity index (χ1) is 12.2. The molecule has 2 aliphatic heterocycles. The van der Waals surface area contributed by atoms with Gasteiger partial charge in [0.15, 0.2) is 0 Å². The summed E-state index contributed by atoms with van der Waals surface area (Å²) in [5, 5.41) is 11.7. The first-order valence-electron chi connectivity index (χ1n) is 7.97. The van der Waals surface area contributed by atoms with Crippen LogP contribution in [0.4, 0.5) is 0 Å². The van der Waals surface area contributed by atoms with Crippen molar-refractivity contribution in [3.63, 3.8) is 0 Å². The first-order valence-corrected chi connectivity index (χ1v) is 8.85. The summed E-state index contributed by atoms with van der Waals surface area (Å²) in [6, 6.07) is 3.24. The van der Waals surface area contributed by atoms with Gasteiger partial charge in [-0.3, -0.25) is 9.59 Å². The van der Waals surface area contributed by atoms with Crippen LogP contribution < -0.4 is 44.3 Å². The third-order valence-electron chi connectivity index (χ3n) is 4.62. The molecule has 0 spiro atoms. The number of carboxylic acids is 1. The number of hydrogen-bond acceptors (Lipinski definition) is 6. The van der Waals surface area contributed by atoms with Crippen LogP contribution in [-0.4, -0.2) is 64.2 Å². The van der Waals surface area contributed by atoms with E-state index in [9.17, 15) is 19.5 Å². The molecule has 27 heavy (non-hydrogen) atoms. The predicted octanol–water partition coefficient (Wildman–Crippen LogP) is -2.05. The minimum Gasteiger partial charge on any atom is -0.496 e. The van der Waals surface area contributed by atoms with Crippen molar-refractivity contribution in [1.29, 1.82) is 0 Å². The molecule has 3 rings (SSSR count). The maximum atomic E-state index is 12.8. The van der Waals surface area contributed by atoms with Gasteiger partial charge in [0.05, 0.1) is 14.2 Å². The summed E-state index contributed by atoms with van der Waals surface area (Å²) in [7, 11) is 2.88. The molecule has 0 aromatic heterocycles. The molecule has 0 radical (unpaired) electrons. The summed E-state index contributed by atoms with van der Waals surface area (Å²) >= 11 is 1.37. The van der Waals surface area contributed by atoms with Crippen molar-refractivity contribution in [2.45, 2.75) is 36.1 Å². The molecule has 2 saturated heterocycles. The smallest absolute Gasteiger partial charge is 0.496 e. The molecule has 0 bridgehead atoms. The molecule has 10 heteroatoms. The van der Waals surface area contributed by atoms with Crippen LogP contribution in [0.15, 0.2) is 18.2 Å². The average molecular weight is 403 g/mol. The number of amides is 2. The second-order valence-corrected chi connectivity index (χ2v) is 8.36. The average Bonchev–Trinajstić information content (AvgIpc) is 2.86. The second kappa shape index (κ2) is 7.90. The zero-order valence-corrected chi connectivity index (χ0v) is 18.6. The maximum Gasteiger partial charge on any atom is 1.00 e. The van der Waals surface area contributed by atoms with Crippen LogP contribution in [0.25, 0.3) is 0 Å². The van der Waals surface area contributed by atoms with Gasteiger partial charge in [-0.2, -0.15) is 0 Å². The summed E-state index contributed by atoms with van der Waals surface area (Å²) < 4.78 is 9.79. The summed E-state index contributed by atoms with van der Waals surface area (Å²) in [6.45, 7) is 3.56. The fourth-order valence-corrected chi connectivity index (χ4v) is 5.06. The van der Waals surface area contributed by atoms with Crippen molar-refractivity contribution in [3.8, 4) is 11.5 Å². The van der Waals surface area contributed by atoms with E-state index in [0.29, 0.717) is 11.5 Å². The first kappa shape index (κ1) is 21.9. The molecule has 0 saturated carbocycles. The van der Waals surface area contributed by atoms with Gasteiger partial charge < -0.3 is 24.8 Å². The molecule has 0 unspecified atom stereocenters. The Kier molecular flexibility index (Phi) is 6.40. The van der Waals surface area contributed by atoms with E-state index in [0.717, 1.165) is 0 Å². The quantitative estimate of drug-likeness (QED) is 0.431. The molecule has 3 atom stereocenters. The van der Waals surface area contributed by atoms with E-state index in [2.05, 4.69) is 5.32 Å². The predicted molar refractivity (Wildman–Crippen MR) is 94.5 cm³/mol. The second-order valence-electron chi connectivity index (χ2n) is 6.59. The Hall–Kier alpha value is -1.42. The number of carboxylic acid groups (broad SMARTS) is 1. The van der Waals surface area contributed by atoms with Crippen LogP contribution in [0.1, 0.15) is 24.2 Å². The van der Waals surface area contributed by atoms with E-state index < -0.39 is 40.0 Å². The molecule has 2 N–H and O–H groups in total. The minimum atomic E-state index is -1.05. The number of carbonyl (C=O) groups excluding carboxylic acids is 2. The normalized spacial score (nSPS) is 25.0. The van der Waals surface area contributed by atoms with E-state index in [1.165, 1.54) is 30.9 Å². The molecular weight excluding hydrogens is 383 g/mol.